The van der Waals surface area contributed by atoms with Gasteiger partial charge in [-0.05, 0) is 48.0 Å². The number of halogens is 5. The Balaban J connectivity index is 0.000000182. The molecule has 2 aliphatic rings. The van der Waals surface area contributed by atoms with Gasteiger partial charge in [-0.1, -0.05) is 59.1 Å². The van der Waals surface area contributed by atoms with Gasteiger partial charge >= 0.3 is 18.4 Å². The van der Waals surface area contributed by atoms with Gasteiger partial charge < -0.3 is 30.2 Å². The molecule has 5 heterocycles. The quantitative estimate of drug-likeness (QED) is 0.159. The molecule has 7 rings (SSSR count). The predicted octanol–water partition coefficient (Wildman–Crippen LogP) is 8.07. The number of carbonyl (C=O) groups excluding carboxylic acids is 2. The van der Waals surface area contributed by atoms with Crippen LogP contribution in [0.5, 0.6) is 17.2 Å². The average Bonchev–Trinajstić information content (AvgIpc) is 3.46. The Morgan fingerprint density at radius 1 is 0.774 bits per heavy atom. The van der Waals surface area contributed by atoms with E-state index < -0.39 is 12.4 Å². The van der Waals surface area contributed by atoms with Crippen LogP contribution >= 0.6 is 34.8 Å². The molecular formula is C35H31Cl3F2N8O5. The number of nitrogen functional groups attached to an aromatic ring is 1. The number of anilines is 3. The van der Waals surface area contributed by atoms with E-state index in [4.69, 9.17) is 45.3 Å². The fraction of sp³-hybridized carbons (Fsp3) is 0.171. The molecule has 53 heavy (non-hydrogen) atoms. The molecule has 2 aliphatic heterocycles. The first kappa shape index (κ1) is 38.7. The number of hydrogen-bond acceptors (Lipinski definition) is 10. The van der Waals surface area contributed by atoms with Crippen LogP contribution in [-0.4, -0.2) is 69.3 Å². The molecule has 18 heteroatoms. The molecule has 0 unspecified atom stereocenters. The first-order chi connectivity index (χ1) is 25.5. The minimum absolute atomic E-state index is 0.0318. The minimum atomic E-state index is -3.61. The molecule has 0 aliphatic carbocycles. The number of nitrogens with two attached hydrogens (primary N) is 1. The summed E-state index contributed by atoms with van der Waals surface area (Å²) in [6.07, 6.45) is 4.93. The van der Waals surface area contributed by atoms with Gasteiger partial charge in [0.2, 0.25) is 0 Å². The maximum absolute atomic E-state index is 13.1. The summed E-state index contributed by atoms with van der Waals surface area (Å²) in [5.41, 5.74) is 7.56. The van der Waals surface area contributed by atoms with E-state index in [1.807, 2.05) is 6.07 Å². The van der Waals surface area contributed by atoms with Crippen molar-refractivity contribution < 1.29 is 32.6 Å². The van der Waals surface area contributed by atoms with Gasteiger partial charge in [-0.2, -0.15) is 0 Å². The second-order valence-electron chi connectivity index (χ2n) is 11.1. The number of ether oxygens (including phenoxy) is 3. The molecule has 0 radical (unpaired) electrons. The molecule has 0 spiro atoms. The second kappa shape index (κ2) is 18.3. The fourth-order valence-corrected chi connectivity index (χ4v) is 5.12. The van der Waals surface area contributed by atoms with Crippen molar-refractivity contribution in [3.8, 4) is 17.2 Å². The van der Waals surface area contributed by atoms with Crippen molar-refractivity contribution in [3.05, 3.63) is 125 Å². The lowest BCUT2D eigenvalue weighted by atomic mass is 10.1. The van der Waals surface area contributed by atoms with Crippen LogP contribution in [0.2, 0.25) is 15.1 Å². The van der Waals surface area contributed by atoms with Crippen molar-refractivity contribution in [1.29, 1.82) is 0 Å². The molecular weight excluding hydrogens is 757 g/mol. The number of fused-ring (bicyclic) bond motifs is 1. The van der Waals surface area contributed by atoms with Crippen molar-refractivity contribution in [1.82, 2.24) is 24.8 Å². The highest BCUT2D eigenvalue weighted by molar-refractivity contribution is 6.34. The van der Waals surface area contributed by atoms with E-state index in [1.165, 1.54) is 30.9 Å². The van der Waals surface area contributed by atoms with Gasteiger partial charge in [0, 0.05) is 51.3 Å². The van der Waals surface area contributed by atoms with Gasteiger partial charge in [0.15, 0.2) is 11.5 Å². The Labute approximate surface area is 317 Å². The number of nitrogens with zero attached hydrogens (tertiary/aromatic N) is 5. The summed E-state index contributed by atoms with van der Waals surface area (Å²) in [5, 5.41) is 6.65. The van der Waals surface area contributed by atoms with Crippen LogP contribution in [0, 0.1) is 0 Å². The van der Waals surface area contributed by atoms with Crippen molar-refractivity contribution >= 4 is 64.0 Å². The van der Waals surface area contributed by atoms with E-state index >= 15 is 0 Å². The molecule has 3 amide bonds. The van der Waals surface area contributed by atoms with Crippen molar-refractivity contribution in [3.63, 3.8) is 0 Å². The van der Waals surface area contributed by atoms with Gasteiger partial charge in [0.25, 0.3) is 0 Å². The summed E-state index contributed by atoms with van der Waals surface area (Å²) < 4.78 is 40.2. The SMILES string of the molecule is Nc1cnccc1Cl.O=C(Nc1cnccc1Cl)N1CCN(Cc2ccc3c(c2)OC(F)(F)O3)CC1.O=C(Nc1cnccc1Cl)Oc1ccccc1. The first-order valence-corrected chi connectivity index (χ1v) is 16.8. The number of para-hydroxylation sites is 1. The number of hydrogen-bond donors (Lipinski definition) is 3. The maximum Gasteiger partial charge on any atom is 0.586 e. The Morgan fingerprint density at radius 3 is 1.94 bits per heavy atom. The van der Waals surface area contributed by atoms with Gasteiger partial charge in [-0.25, -0.2) is 9.59 Å². The third kappa shape index (κ3) is 11.8. The summed E-state index contributed by atoms with van der Waals surface area (Å²) >= 11 is 17.4. The number of benzene rings is 2. The lowest BCUT2D eigenvalue weighted by molar-refractivity contribution is -0.286. The molecule has 3 aromatic heterocycles. The average molecular weight is 788 g/mol. The molecule has 0 atom stereocenters. The zero-order chi connectivity index (χ0) is 37.8. The number of aromatic nitrogens is 3. The lowest BCUT2D eigenvalue weighted by Gasteiger charge is -2.34. The molecule has 0 saturated carbocycles. The van der Waals surface area contributed by atoms with Crippen LogP contribution in [0.4, 0.5) is 35.4 Å². The maximum atomic E-state index is 13.1. The molecule has 276 valence electrons. The number of rotatable bonds is 5. The normalized spacial score (nSPS) is 14.1. The Bertz CT molecular complexity index is 1990. The first-order valence-electron chi connectivity index (χ1n) is 15.7. The highest BCUT2D eigenvalue weighted by atomic mass is 35.5. The molecule has 13 nitrogen and oxygen atoms in total. The summed E-state index contributed by atoms with van der Waals surface area (Å²) in [4.78, 5) is 39.3. The Kier molecular flexibility index (Phi) is 13.4. The fourth-order valence-electron chi connectivity index (χ4n) is 4.71. The minimum Gasteiger partial charge on any atom is -0.410 e. The van der Waals surface area contributed by atoms with Crippen molar-refractivity contribution in [2.45, 2.75) is 12.8 Å². The van der Waals surface area contributed by atoms with Crippen molar-refractivity contribution in [2.24, 2.45) is 0 Å². The Morgan fingerprint density at radius 2 is 1.36 bits per heavy atom. The highest BCUT2D eigenvalue weighted by Gasteiger charge is 2.43. The molecule has 5 aromatic rings. The highest BCUT2D eigenvalue weighted by Crippen LogP contribution is 2.41. The number of carbonyl (C=O) groups is 2. The third-order valence-electron chi connectivity index (χ3n) is 7.30. The standard InChI is InChI=1S/C18H17ClF2N4O3.C12H9ClN2O2.C5H5ClN2/c19-13-3-4-22-10-14(13)23-17(26)25-7-5-24(6-8-25)11-12-1-2-15-16(9-12)28-18(20,21)27-15;13-10-6-7-14-8-11(10)15-12(16)17-9-4-2-1-3-5-9;6-4-1-2-8-3-5(4)7/h1-4,9-10H,5-8,11H2,(H,23,26);1-8H,(H,15,16);1-3H,7H2. The summed E-state index contributed by atoms with van der Waals surface area (Å²) in [6, 6.07) is 18.1. The van der Waals surface area contributed by atoms with Crippen LogP contribution in [0.3, 0.4) is 0 Å². The monoisotopic (exact) mass is 786 g/mol. The summed E-state index contributed by atoms with van der Waals surface area (Å²) in [7, 11) is 0. The number of nitrogens with one attached hydrogen (secondary N) is 2. The number of alkyl halides is 2. The number of amides is 3. The van der Waals surface area contributed by atoms with Gasteiger partial charge in [0.1, 0.15) is 5.75 Å². The zero-order valence-electron chi connectivity index (χ0n) is 27.6. The van der Waals surface area contributed by atoms with Crippen LogP contribution < -0.4 is 30.6 Å². The molecule has 2 aromatic carbocycles. The van der Waals surface area contributed by atoms with Crippen LogP contribution in [0.25, 0.3) is 0 Å². The van der Waals surface area contributed by atoms with Gasteiger partial charge in [-0.15, -0.1) is 8.78 Å². The number of urea groups is 1. The topological polar surface area (TPSA) is 157 Å². The van der Waals surface area contributed by atoms with E-state index in [0.29, 0.717) is 70.6 Å². The van der Waals surface area contributed by atoms with Crippen LogP contribution in [0.1, 0.15) is 5.56 Å². The smallest absolute Gasteiger partial charge is 0.410 e. The zero-order valence-corrected chi connectivity index (χ0v) is 29.9. The van der Waals surface area contributed by atoms with E-state index in [0.717, 1.165) is 5.56 Å². The Hall–Kier alpha value is -5.48. The van der Waals surface area contributed by atoms with Crippen LogP contribution in [0.15, 0.2) is 104 Å². The van der Waals surface area contributed by atoms with E-state index in [2.05, 4.69) is 40.0 Å². The van der Waals surface area contributed by atoms with E-state index in [9.17, 15) is 18.4 Å². The molecule has 0 bridgehead atoms. The molecule has 1 fully saturated rings. The van der Waals surface area contributed by atoms with Crippen molar-refractivity contribution in [2.75, 3.05) is 42.5 Å². The molecule has 4 N–H and O–H groups in total. The van der Waals surface area contributed by atoms with E-state index in [1.54, 1.807) is 71.9 Å². The lowest BCUT2D eigenvalue weighted by Crippen LogP contribution is -2.49. The number of piperazine rings is 1. The summed E-state index contributed by atoms with van der Waals surface area (Å²) in [6.45, 7) is 2.93. The third-order valence-corrected chi connectivity index (χ3v) is 8.30. The number of pyridine rings is 3. The largest absolute Gasteiger partial charge is 0.586 e. The second-order valence-corrected chi connectivity index (χ2v) is 12.3. The molecule has 1 saturated heterocycles. The van der Waals surface area contributed by atoms with Gasteiger partial charge in [-0.3, -0.25) is 25.2 Å². The van der Waals surface area contributed by atoms with Gasteiger partial charge in [0.05, 0.1) is 50.7 Å². The van der Waals surface area contributed by atoms with E-state index in [-0.39, 0.29) is 17.5 Å². The summed E-state index contributed by atoms with van der Waals surface area (Å²) in [5.74, 6) is 0.531. The van der Waals surface area contributed by atoms with Crippen LogP contribution in [-0.2, 0) is 6.54 Å². The predicted molar refractivity (Wildman–Crippen MR) is 197 cm³/mol.